The maximum absolute atomic E-state index is 12.6. The molecule has 7 nitrogen and oxygen atoms in total. The number of carbonyl (C=O) groups is 1. The van der Waals surface area contributed by atoms with Crippen molar-refractivity contribution in [2.45, 2.75) is 5.97 Å². The van der Waals surface area contributed by atoms with E-state index in [4.69, 9.17) is 14.3 Å². The summed E-state index contributed by atoms with van der Waals surface area (Å²) in [5.74, 6) is -3.06. The molecule has 1 aliphatic rings. The first-order chi connectivity index (χ1) is 11.0. The molecule has 0 aliphatic heterocycles. The molecular weight excluding hydrogens is 342 g/mol. The average molecular weight is 354 g/mol. The first kappa shape index (κ1) is 16.4. The molecule has 1 aliphatic carbocycles. The number of aliphatic hydroxyl groups is 1. The highest BCUT2D eigenvalue weighted by Gasteiger charge is 2.41. The van der Waals surface area contributed by atoms with E-state index in [1.54, 1.807) is 36.4 Å². The van der Waals surface area contributed by atoms with E-state index in [1.807, 2.05) is 0 Å². The van der Waals surface area contributed by atoms with Crippen molar-refractivity contribution >= 4 is 23.1 Å². The Morgan fingerprint density at radius 3 is 2.35 bits per heavy atom. The minimum Gasteiger partial charge on any atom is -0.352 e. The molecule has 0 bridgehead atoms. The molecule has 23 heavy (non-hydrogen) atoms. The van der Waals surface area contributed by atoms with Crippen molar-refractivity contribution in [1.82, 2.24) is 0 Å². The molecule has 3 N–H and O–H groups in total. The van der Waals surface area contributed by atoms with Crippen molar-refractivity contribution < 1.29 is 33.3 Å². The Labute approximate surface area is 133 Å². The van der Waals surface area contributed by atoms with E-state index in [9.17, 15) is 14.5 Å². The van der Waals surface area contributed by atoms with Gasteiger partial charge in [0.25, 0.3) is 0 Å². The van der Waals surface area contributed by atoms with Crippen LogP contribution in [0.15, 0.2) is 42.5 Å². The zero-order valence-corrected chi connectivity index (χ0v) is 13.5. The summed E-state index contributed by atoms with van der Waals surface area (Å²) in [6.45, 7) is 0. The van der Waals surface area contributed by atoms with Gasteiger partial charge in [0.2, 0.25) is 0 Å². The van der Waals surface area contributed by atoms with Gasteiger partial charge in [-0.25, -0.2) is 4.52 Å². The Balaban J connectivity index is 2.21. The van der Waals surface area contributed by atoms with Crippen molar-refractivity contribution in [3.05, 3.63) is 59.2 Å². The fourth-order valence-electron chi connectivity index (χ4n) is 2.65. The maximum Gasteiger partial charge on any atom is 0.321 e. The Kier molecular flexibility index (Phi) is 4.45. The molecule has 120 valence electrons. The van der Waals surface area contributed by atoms with Gasteiger partial charge in [-0.15, -0.1) is 0 Å². The second-order valence-electron chi connectivity index (χ2n) is 4.75. The van der Waals surface area contributed by atoms with E-state index in [0.717, 1.165) is 0 Å². The molecule has 0 saturated carbocycles. The van der Waals surface area contributed by atoms with Crippen LogP contribution < -0.4 is 0 Å². The van der Waals surface area contributed by atoms with Crippen LogP contribution in [0.1, 0.15) is 21.5 Å². The van der Waals surface area contributed by atoms with Crippen LogP contribution in [0, 0.1) is 0 Å². The maximum atomic E-state index is 12.6. The lowest BCUT2D eigenvalue weighted by molar-refractivity contribution is -0.282. The SMILES string of the molecule is O=C1c2ccccc2-c2cccc(C(O)(OPO)O[PH](=O)O)c21. The Bertz CT molecular complexity index is 807. The molecule has 3 unspecified atom stereocenters. The van der Waals surface area contributed by atoms with E-state index >= 15 is 0 Å². The highest BCUT2D eigenvalue weighted by molar-refractivity contribution is 7.32. The lowest BCUT2D eigenvalue weighted by atomic mass is 9.99. The van der Waals surface area contributed by atoms with Gasteiger partial charge in [-0.05, 0) is 11.1 Å². The van der Waals surface area contributed by atoms with Gasteiger partial charge < -0.3 is 14.9 Å². The van der Waals surface area contributed by atoms with Crippen LogP contribution in [0.25, 0.3) is 11.1 Å². The number of rotatable bonds is 5. The standard InChI is InChI=1S/C14H12O7P2/c15-13-10-5-2-1-4-8(10)9-6-3-7-11(12(9)13)14(16,20-22-17)21-23(18)19/h1-7,16-17,22-23H,(H,18,19). The van der Waals surface area contributed by atoms with Gasteiger partial charge in [0.1, 0.15) is 0 Å². The third-order valence-corrected chi connectivity index (χ3v) is 4.32. The van der Waals surface area contributed by atoms with Gasteiger partial charge in [0.15, 0.2) is 14.8 Å². The molecule has 9 heteroatoms. The van der Waals surface area contributed by atoms with Gasteiger partial charge in [0, 0.05) is 11.1 Å². The topological polar surface area (TPSA) is 113 Å². The number of ketones is 1. The first-order valence-corrected chi connectivity index (χ1v) is 8.59. The molecule has 0 heterocycles. The lowest BCUT2D eigenvalue weighted by Crippen LogP contribution is -2.30. The van der Waals surface area contributed by atoms with Crippen LogP contribution in [0.4, 0.5) is 0 Å². The molecular formula is C14H12O7P2. The predicted octanol–water partition coefficient (Wildman–Crippen LogP) is 1.92. The summed E-state index contributed by atoms with van der Waals surface area (Å²) in [6.07, 6.45) is 0. The molecule has 0 radical (unpaired) electrons. The molecule has 2 aromatic carbocycles. The van der Waals surface area contributed by atoms with E-state index < -0.39 is 23.3 Å². The van der Waals surface area contributed by atoms with Crippen LogP contribution in [0.3, 0.4) is 0 Å². The van der Waals surface area contributed by atoms with Crippen molar-refractivity contribution in [2.24, 2.45) is 0 Å². The van der Waals surface area contributed by atoms with E-state index in [2.05, 4.69) is 4.52 Å². The summed E-state index contributed by atoms with van der Waals surface area (Å²) < 4.78 is 20.3. The fraction of sp³-hybridized carbons (Fsp3) is 0.0714. The quantitative estimate of drug-likeness (QED) is 0.474. The third kappa shape index (κ3) is 2.77. The molecule has 0 amide bonds. The van der Waals surface area contributed by atoms with Gasteiger partial charge in [-0.1, -0.05) is 42.5 Å². The van der Waals surface area contributed by atoms with Crippen molar-refractivity contribution in [3.63, 3.8) is 0 Å². The monoisotopic (exact) mass is 354 g/mol. The number of fused-ring (bicyclic) bond motifs is 3. The Morgan fingerprint density at radius 1 is 1.04 bits per heavy atom. The van der Waals surface area contributed by atoms with Crippen LogP contribution in [0.2, 0.25) is 0 Å². The summed E-state index contributed by atoms with van der Waals surface area (Å²) in [5, 5.41) is 10.4. The van der Waals surface area contributed by atoms with Crippen LogP contribution in [-0.4, -0.2) is 20.7 Å². The van der Waals surface area contributed by atoms with Crippen LogP contribution in [-0.2, 0) is 19.6 Å². The van der Waals surface area contributed by atoms with Crippen molar-refractivity contribution in [1.29, 1.82) is 0 Å². The molecule has 3 atom stereocenters. The fourth-order valence-corrected chi connectivity index (χ4v) is 3.39. The van der Waals surface area contributed by atoms with E-state index in [1.165, 1.54) is 6.07 Å². The second-order valence-corrected chi connectivity index (χ2v) is 5.87. The summed E-state index contributed by atoms with van der Waals surface area (Å²) in [6, 6.07) is 11.5. The van der Waals surface area contributed by atoms with Gasteiger partial charge in [-0.3, -0.25) is 13.9 Å². The smallest absolute Gasteiger partial charge is 0.321 e. The summed E-state index contributed by atoms with van der Waals surface area (Å²) in [5.41, 5.74) is 1.65. The van der Waals surface area contributed by atoms with Gasteiger partial charge in [-0.2, -0.15) is 0 Å². The van der Waals surface area contributed by atoms with Gasteiger partial charge >= 0.3 is 14.2 Å². The van der Waals surface area contributed by atoms with E-state index in [0.29, 0.717) is 16.7 Å². The first-order valence-electron chi connectivity index (χ1n) is 6.47. The molecule has 0 saturated heterocycles. The second kappa shape index (κ2) is 6.23. The molecule has 2 aromatic rings. The highest BCUT2D eigenvalue weighted by Crippen LogP contribution is 2.45. The molecule has 0 aromatic heterocycles. The lowest BCUT2D eigenvalue weighted by Gasteiger charge is -2.26. The number of hydrogen-bond donors (Lipinski definition) is 3. The zero-order chi connectivity index (χ0) is 16.6. The summed E-state index contributed by atoms with van der Waals surface area (Å²) in [4.78, 5) is 30.6. The summed E-state index contributed by atoms with van der Waals surface area (Å²) >= 11 is 0. The summed E-state index contributed by atoms with van der Waals surface area (Å²) in [7, 11) is -4.82. The highest BCUT2D eigenvalue weighted by atomic mass is 31.1. The number of carbonyl (C=O) groups excluding carboxylic acids is 1. The minimum absolute atomic E-state index is 0.109. The Morgan fingerprint density at radius 2 is 1.70 bits per heavy atom. The van der Waals surface area contributed by atoms with Crippen molar-refractivity contribution in [3.8, 4) is 11.1 Å². The number of hydrogen-bond acceptors (Lipinski definition) is 6. The zero-order valence-electron chi connectivity index (χ0n) is 11.5. The normalized spacial score (nSPS) is 17.1. The largest absolute Gasteiger partial charge is 0.352 e. The number of benzene rings is 2. The van der Waals surface area contributed by atoms with Gasteiger partial charge in [0.05, 0.1) is 5.56 Å². The molecule has 3 rings (SSSR count). The minimum atomic E-state index is -3.60. The molecule has 0 fully saturated rings. The van der Waals surface area contributed by atoms with Crippen molar-refractivity contribution in [2.75, 3.05) is 0 Å². The van der Waals surface area contributed by atoms with E-state index in [-0.39, 0.29) is 16.9 Å². The van der Waals surface area contributed by atoms with Crippen LogP contribution in [0.5, 0.6) is 0 Å². The van der Waals surface area contributed by atoms with Crippen LogP contribution >= 0.6 is 17.3 Å². The third-order valence-electron chi connectivity index (χ3n) is 3.50. The molecule has 0 spiro atoms. The predicted molar refractivity (Wildman–Crippen MR) is 83.1 cm³/mol. The Hall–Kier alpha value is -1.43. The average Bonchev–Trinajstić information content (AvgIpc) is 2.81.